The van der Waals surface area contributed by atoms with Crippen molar-refractivity contribution in [3.05, 3.63) is 6.15 Å². The van der Waals surface area contributed by atoms with Gasteiger partial charge in [0.2, 0.25) is 0 Å². The zero-order valence-corrected chi connectivity index (χ0v) is 12.6. The molecule has 0 unspecified atom stereocenters. The first-order chi connectivity index (χ1) is 4.54. The van der Waals surface area contributed by atoms with Gasteiger partial charge in [0, 0.05) is 28.2 Å². The Labute approximate surface area is 119 Å². The summed E-state index contributed by atoms with van der Waals surface area (Å²) in [6.45, 7) is 0. The van der Waals surface area contributed by atoms with Gasteiger partial charge in [0.25, 0.3) is 0 Å². The van der Waals surface area contributed by atoms with Crippen LogP contribution in [0.15, 0.2) is 0 Å². The molecule has 6 heteroatoms. The van der Waals surface area contributed by atoms with E-state index in [0.717, 1.165) is 0 Å². The standard InChI is InChI=1S/2C3H10N2.K.H2N/c2*1-4-5(2)3;;/h2*4H,1-3H3;;1H2/q;;+1;-1. The molecule has 0 atom stereocenters. The van der Waals surface area contributed by atoms with E-state index in [1.165, 1.54) is 0 Å². The van der Waals surface area contributed by atoms with Crippen LogP contribution >= 0.6 is 0 Å². The molecule has 0 bridgehead atoms. The fourth-order valence-corrected chi connectivity index (χ4v) is 0. The summed E-state index contributed by atoms with van der Waals surface area (Å²) < 4.78 is 0. The molecule has 72 valence electrons. The second kappa shape index (κ2) is 18.3. The third kappa shape index (κ3) is 42.1. The van der Waals surface area contributed by atoms with Gasteiger partial charge in [0.05, 0.1) is 0 Å². The van der Waals surface area contributed by atoms with Gasteiger partial charge in [-0.3, -0.25) is 20.9 Å². The van der Waals surface area contributed by atoms with E-state index >= 15 is 0 Å². The number of hydrogen-bond donors (Lipinski definition) is 2. The van der Waals surface area contributed by atoms with Crippen LogP contribution in [0.1, 0.15) is 0 Å². The molecule has 0 saturated heterocycles. The Hall–Kier alpha value is 1.44. The van der Waals surface area contributed by atoms with Crippen LogP contribution < -0.4 is 62.2 Å². The molecule has 0 fully saturated rings. The maximum absolute atomic E-state index is 2.86. The normalized spacial score (nSPS) is 8.00. The van der Waals surface area contributed by atoms with Crippen LogP contribution in [0.4, 0.5) is 0 Å². The Morgan fingerprint density at radius 3 is 0.833 bits per heavy atom. The molecule has 0 aliphatic heterocycles. The number of hydrazine groups is 2. The second-order valence-electron chi connectivity index (χ2n) is 2.24. The SMILES string of the molecule is CNN(C)C.CNN(C)C.[K+].[NH2-]. The first-order valence-corrected chi connectivity index (χ1v) is 3.24. The van der Waals surface area contributed by atoms with Gasteiger partial charge >= 0.3 is 51.4 Å². The van der Waals surface area contributed by atoms with E-state index in [0.29, 0.717) is 0 Å². The van der Waals surface area contributed by atoms with Crippen molar-refractivity contribution >= 4 is 0 Å². The van der Waals surface area contributed by atoms with Gasteiger partial charge in [0.15, 0.2) is 0 Å². The summed E-state index contributed by atoms with van der Waals surface area (Å²) in [4.78, 5) is 0. The summed E-state index contributed by atoms with van der Waals surface area (Å²) >= 11 is 0. The molecule has 0 aromatic rings. The third-order valence-corrected chi connectivity index (χ3v) is 0.894. The maximum atomic E-state index is 2.86. The van der Waals surface area contributed by atoms with E-state index in [1.54, 1.807) is 0 Å². The molecule has 0 radical (unpaired) electrons. The summed E-state index contributed by atoms with van der Waals surface area (Å²) in [6.07, 6.45) is 0. The monoisotopic (exact) mass is 203 g/mol. The number of rotatable bonds is 2. The zero-order valence-electron chi connectivity index (χ0n) is 9.47. The Balaban J connectivity index is -0.0000000457. The molecular formula is C6H22KN5. The number of nitrogens with one attached hydrogen (secondary N) is 2. The second-order valence-corrected chi connectivity index (χ2v) is 2.24. The summed E-state index contributed by atoms with van der Waals surface area (Å²) in [6, 6.07) is 0. The zero-order chi connectivity index (χ0) is 8.57. The Kier molecular flexibility index (Phi) is 35.5. The van der Waals surface area contributed by atoms with E-state index in [9.17, 15) is 0 Å². The van der Waals surface area contributed by atoms with E-state index in [-0.39, 0.29) is 57.5 Å². The Morgan fingerprint density at radius 1 is 0.750 bits per heavy atom. The minimum Gasteiger partial charge on any atom is -0.693 e. The molecule has 0 aromatic heterocycles. The van der Waals surface area contributed by atoms with Crippen molar-refractivity contribution in [2.24, 2.45) is 0 Å². The topological polar surface area (TPSA) is 64.0 Å². The average Bonchev–Trinajstić information content (AvgIpc) is 1.89. The van der Waals surface area contributed by atoms with Gasteiger partial charge in [-0.25, -0.2) is 0 Å². The van der Waals surface area contributed by atoms with E-state index in [2.05, 4.69) is 10.9 Å². The van der Waals surface area contributed by atoms with Crippen molar-refractivity contribution < 1.29 is 51.4 Å². The predicted molar refractivity (Wildman–Crippen MR) is 50.8 cm³/mol. The molecule has 4 N–H and O–H groups in total. The molecule has 0 heterocycles. The first-order valence-electron chi connectivity index (χ1n) is 3.24. The molecule has 0 amide bonds. The van der Waals surface area contributed by atoms with E-state index < -0.39 is 0 Å². The summed E-state index contributed by atoms with van der Waals surface area (Å²) in [5.41, 5.74) is 5.72. The number of nitrogens with zero attached hydrogens (tertiary/aromatic N) is 2. The van der Waals surface area contributed by atoms with Crippen LogP contribution in [-0.4, -0.2) is 52.3 Å². The summed E-state index contributed by atoms with van der Waals surface area (Å²) in [5.74, 6) is 0. The Bertz CT molecular complexity index is 51.9. The van der Waals surface area contributed by atoms with Crippen molar-refractivity contribution in [1.29, 1.82) is 0 Å². The molecule has 0 aliphatic carbocycles. The largest absolute Gasteiger partial charge is 1.00 e. The van der Waals surface area contributed by atoms with Crippen molar-refractivity contribution in [2.75, 3.05) is 42.3 Å². The van der Waals surface area contributed by atoms with Crippen molar-refractivity contribution in [3.8, 4) is 0 Å². The van der Waals surface area contributed by atoms with Gasteiger partial charge in [-0.1, -0.05) is 0 Å². The molecule has 0 aromatic carbocycles. The third-order valence-electron chi connectivity index (χ3n) is 0.894. The van der Waals surface area contributed by atoms with Gasteiger partial charge in [-0.15, -0.1) is 0 Å². The van der Waals surface area contributed by atoms with Crippen molar-refractivity contribution in [3.63, 3.8) is 0 Å². The van der Waals surface area contributed by atoms with Crippen molar-refractivity contribution in [2.45, 2.75) is 0 Å². The van der Waals surface area contributed by atoms with Crippen LogP contribution in [-0.2, 0) is 0 Å². The molecule has 0 aliphatic rings. The van der Waals surface area contributed by atoms with Crippen LogP contribution in [0.25, 0.3) is 6.15 Å². The quantitative estimate of drug-likeness (QED) is 0.373. The minimum absolute atomic E-state index is 0. The molecule has 0 saturated carbocycles. The fourth-order valence-electron chi connectivity index (χ4n) is 0. The minimum atomic E-state index is 0. The fraction of sp³-hybridized carbons (Fsp3) is 1.00. The number of nitrogens with two attached hydrogens (primary N) is 1. The predicted octanol–water partition coefficient (Wildman–Crippen LogP) is -2.91. The Morgan fingerprint density at radius 2 is 0.833 bits per heavy atom. The van der Waals surface area contributed by atoms with Crippen molar-refractivity contribution in [1.82, 2.24) is 20.9 Å². The van der Waals surface area contributed by atoms with E-state index in [4.69, 9.17) is 0 Å². The van der Waals surface area contributed by atoms with Crippen LogP contribution in [0.5, 0.6) is 0 Å². The summed E-state index contributed by atoms with van der Waals surface area (Å²) in [7, 11) is 11.5. The van der Waals surface area contributed by atoms with Gasteiger partial charge in [-0.05, 0) is 14.1 Å². The molecule has 12 heavy (non-hydrogen) atoms. The van der Waals surface area contributed by atoms with Gasteiger partial charge in [-0.2, -0.15) is 0 Å². The maximum Gasteiger partial charge on any atom is 1.00 e. The van der Waals surface area contributed by atoms with Gasteiger partial charge in [0.1, 0.15) is 0 Å². The average molecular weight is 203 g/mol. The van der Waals surface area contributed by atoms with Crippen LogP contribution in [0, 0.1) is 0 Å². The smallest absolute Gasteiger partial charge is 0.693 e. The van der Waals surface area contributed by atoms with Crippen LogP contribution in [0.2, 0.25) is 0 Å². The summed E-state index contributed by atoms with van der Waals surface area (Å²) in [5, 5.41) is 3.75. The van der Waals surface area contributed by atoms with Gasteiger partial charge < -0.3 is 6.15 Å². The molecule has 0 spiro atoms. The number of hydrogen-bond acceptors (Lipinski definition) is 4. The van der Waals surface area contributed by atoms with E-state index in [1.807, 2.05) is 52.3 Å². The first kappa shape index (κ1) is 23.3. The molecule has 5 nitrogen and oxygen atoms in total. The molecule has 0 rings (SSSR count). The van der Waals surface area contributed by atoms with Crippen LogP contribution in [0.3, 0.4) is 0 Å². The molecular weight excluding hydrogens is 181 g/mol.